The van der Waals surface area contributed by atoms with Crippen LogP contribution >= 0.6 is 0 Å². The van der Waals surface area contributed by atoms with E-state index in [-0.39, 0.29) is 0 Å². The molecule has 2 N–H and O–H groups in total. The van der Waals surface area contributed by atoms with Gasteiger partial charge >= 0.3 is 6.18 Å². The van der Waals surface area contributed by atoms with E-state index >= 15 is 0 Å². The lowest BCUT2D eigenvalue weighted by Crippen LogP contribution is -2.20. The van der Waals surface area contributed by atoms with Crippen molar-refractivity contribution in [1.82, 2.24) is 0 Å². The summed E-state index contributed by atoms with van der Waals surface area (Å²) in [5.41, 5.74) is 3.06. The van der Waals surface area contributed by atoms with Crippen molar-refractivity contribution in [2.24, 2.45) is 5.73 Å². The summed E-state index contributed by atoms with van der Waals surface area (Å²) in [4.78, 5) is 0. The van der Waals surface area contributed by atoms with Crippen LogP contribution in [0.15, 0.2) is 18.2 Å². The van der Waals surface area contributed by atoms with Gasteiger partial charge in [-0.25, -0.2) is 8.78 Å². The summed E-state index contributed by atoms with van der Waals surface area (Å²) < 4.78 is 62.3. The topological polar surface area (TPSA) is 26.0 Å². The molecule has 1 aromatic carbocycles. The molecule has 1 atom stereocenters. The molecule has 0 bridgehead atoms. The normalized spacial score (nSPS) is 14.0. The smallest absolute Gasteiger partial charge is 0.322 e. The highest BCUT2D eigenvalue weighted by Crippen LogP contribution is 2.35. The van der Waals surface area contributed by atoms with Crippen molar-refractivity contribution >= 4 is 0 Å². The monoisotopic (exact) mass is 225 g/mol. The molecule has 0 aliphatic carbocycles. The third-order valence-corrected chi connectivity index (χ3v) is 1.90. The lowest BCUT2D eigenvalue weighted by Gasteiger charge is -2.16. The van der Waals surface area contributed by atoms with Crippen molar-refractivity contribution in [2.45, 2.75) is 12.2 Å². The molecule has 1 nitrogen and oxygen atoms in total. The maximum atomic E-state index is 12.9. The second kappa shape index (κ2) is 4.14. The lowest BCUT2D eigenvalue weighted by molar-refractivity contribution is -0.140. The minimum absolute atomic E-state index is 0.565. The van der Waals surface area contributed by atoms with Crippen LogP contribution < -0.4 is 5.73 Å². The van der Waals surface area contributed by atoms with Crippen molar-refractivity contribution in [3.8, 4) is 0 Å². The molecule has 0 aliphatic heterocycles. The first-order valence-electron chi connectivity index (χ1n) is 4.05. The Morgan fingerprint density at radius 3 is 2.33 bits per heavy atom. The van der Waals surface area contributed by atoms with E-state index in [4.69, 9.17) is 5.73 Å². The van der Waals surface area contributed by atoms with E-state index in [0.717, 1.165) is 12.1 Å². The van der Waals surface area contributed by atoms with Crippen LogP contribution in [0.1, 0.15) is 17.2 Å². The van der Waals surface area contributed by atoms with Crippen LogP contribution in [0, 0.1) is 5.82 Å². The van der Waals surface area contributed by atoms with Gasteiger partial charge in [0.25, 0.3) is 0 Å². The minimum Gasteiger partial charge on any atom is -0.322 e. The maximum Gasteiger partial charge on any atom is 0.419 e. The summed E-state index contributed by atoms with van der Waals surface area (Å²) in [6.07, 6.45) is -4.87. The SMILES string of the molecule is N[C@@H](CF)c1cccc(F)c1C(F)(F)F. The average Bonchev–Trinajstić information content (AvgIpc) is 2.14. The number of hydrogen-bond donors (Lipinski definition) is 1. The molecule has 6 heteroatoms. The van der Waals surface area contributed by atoms with Crippen LogP contribution in [0.25, 0.3) is 0 Å². The first-order chi connectivity index (χ1) is 6.88. The van der Waals surface area contributed by atoms with E-state index in [1.54, 1.807) is 0 Å². The molecule has 84 valence electrons. The molecule has 0 spiro atoms. The number of halogens is 5. The van der Waals surface area contributed by atoms with Crippen molar-refractivity contribution in [2.75, 3.05) is 6.67 Å². The number of hydrogen-bond acceptors (Lipinski definition) is 1. The third kappa shape index (κ3) is 2.44. The lowest BCUT2D eigenvalue weighted by atomic mass is 10.0. The van der Waals surface area contributed by atoms with Gasteiger partial charge in [-0.3, -0.25) is 0 Å². The van der Waals surface area contributed by atoms with E-state index in [2.05, 4.69) is 0 Å². The van der Waals surface area contributed by atoms with Crippen LogP contribution in [0.5, 0.6) is 0 Å². The molecule has 0 aliphatic rings. The van der Waals surface area contributed by atoms with Crippen molar-refractivity contribution in [3.05, 3.63) is 35.1 Å². The molecule has 0 amide bonds. The Morgan fingerprint density at radius 2 is 1.87 bits per heavy atom. The number of alkyl halides is 4. The van der Waals surface area contributed by atoms with E-state index < -0.39 is 35.8 Å². The zero-order valence-electron chi connectivity index (χ0n) is 7.48. The van der Waals surface area contributed by atoms with Gasteiger partial charge in [-0.05, 0) is 11.6 Å². The Kier molecular flexibility index (Phi) is 3.28. The predicted octanol–water partition coefficient (Wildman–Crippen LogP) is 2.81. The molecule has 1 rings (SSSR count). The standard InChI is InChI=1S/C9H8F5N/c10-4-7(15)5-2-1-3-6(11)8(5)9(12,13)14/h1-3,7H,4,15H2/t7-/m0/s1. The second-order valence-electron chi connectivity index (χ2n) is 2.96. The van der Waals surface area contributed by atoms with Crippen molar-refractivity contribution in [3.63, 3.8) is 0 Å². The Labute approximate surface area is 82.7 Å². The highest BCUT2D eigenvalue weighted by Gasteiger charge is 2.37. The highest BCUT2D eigenvalue weighted by molar-refractivity contribution is 5.33. The summed E-state index contributed by atoms with van der Waals surface area (Å²) in [5, 5.41) is 0. The summed E-state index contributed by atoms with van der Waals surface area (Å²) in [6.45, 7) is -1.17. The highest BCUT2D eigenvalue weighted by atomic mass is 19.4. The van der Waals surface area contributed by atoms with Gasteiger partial charge in [0.1, 0.15) is 12.5 Å². The summed E-state index contributed by atoms with van der Waals surface area (Å²) >= 11 is 0. The number of benzene rings is 1. The Hall–Kier alpha value is -1.17. The van der Waals surface area contributed by atoms with E-state index in [1.807, 2.05) is 0 Å². The first kappa shape index (κ1) is 11.9. The molecule has 0 saturated carbocycles. The van der Waals surface area contributed by atoms with E-state index in [0.29, 0.717) is 6.07 Å². The van der Waals surface area contributed by atoms with Gasteiger partial charge in [0.2, 0.25) is 0 Å². The van der Waals surface area contributed by atoms with Crippen LogP contribution in [-0.2, 0) is 6.18 Å². The van der Waals surface area contributed by atoms with Gasteiger partial charge in [-0.1, -0.05) is 12.1 Å². The average molecular weight is 225 g/mol. The molecule has 0 radical (unpaired) electrons. The molecule has 0 saturated heterocycles. The summed E-state index contributed by atoms with van der Waals surface area (Å²) in [7, 11) is 0. The van der Waals surface area contributed by atoms with Gasteiger partial charge in [-0.2, -0.15) is 13.2 Å². The van der Waals surface area contributed by atoms with Crippen LogP contribution in [0.4, 0.5) is 22.0 Å². The molecule has 1 aromatic rings. The minimum atomic E-state index is -4.87. The fourth-order valence-electron chi connectivity index (χ4n) is 1.23. The zero-order valence-corrected chi connectivity index (χ0v) is 7.48. The van der Waals surface area contributed by atoms with Crippen LogP contribution in [-0.4, -0.2) is 6.67 Å². The van der Waals surface area contributed by atoms with Gasteiger partial charge in [0.05, 0.1) is 11.6 Å². The van der Waals surface area contributed by atoms with Gasteiger partial charge in [0, 0.05) is 0 Å². The molecule has 0 aromatic heterocycles. The molecule has 0 heterocycles. The summed E-state index contributed by atoms with van der Waals surface area (Å²) in [6, 6.07) is 1.24. The molecule has 0 fully saturated rings. The van der Waals surface area contributed by atoms with Crippen molar-refractivity contribution in [1.29, 1.82) is 0 Å². The van der Waals surface area contributed by atoms with Crippen molar-refractivity contribution < 1.29 is 22.0 Å². The summed E-state index contributed by atoms with van der Waals surface area (Å²) in [5.74, 6) is -1.44. The largest absolute Gasteiger partial charge is 0.419 e. The quantitative estimate of drug-likeness (QED) is 0.769. The van der Waals surface area contributed by atoms with Crippen LogP contribution in [0.2, 0.25) is 0 Å². The molecule has 0 unspecified atom stereocenters. The fraction of sp³-hybridized carbons (Fsp3) is 0.333. The van der Waals surface area contributed by atoms with E-state index in [9.17, 15) is 22.0 Å². The fourth-order valence-corrected chi connectivity index (χ4v) is 1.23. The first-order valence-corrected chi connectivity index (χ1v) is 4.05. The van der Waals surface area contributed by atoms with Crippen LogP contribution in [0.3, 0.4) is 0 Å². The second-order valence-corrected chi connectivity index (χ2v) is 2.96. The molecule has 15 heavy (non-hydrogen) atoms. The third-order valence-electron chi connectivity index (χ3n) is 1.90. The van der Waals surface area contributed by atoms with E-state index in [1.165, 1.54) is 0 Å². The maximum absolute atomic E-state index is 12.9. The Bertz CT molecular complexity index is 347. The Balaban J connectivity index is 3.33. The number of nitrogens with two attached hydrogens (primary N) is 1. The predicted molar refractivity (Wildman–Crippen MR) is 44.3 cm³/mol. The molecular formula is C9H8F5N. The Morgan fingerprint density at radius 1 is 1.27 bits per heavy atom. The van der Waals surface area contributed by atoms with Gasteiger partial charge in [-0.15, -0.1) is 0 Å². The molecular weight excluding hydrogens is 217 g/mol. The number of rotatable bonds is 2. The van der Waals surface area contributed by atoms with Gasteiger partial charge < -0.3 is 5.73 Å². The van der Waals surface area contributed by atoms with Gasteiger partial charge in [0.15, 0.2) is 0 Å². The zero-order chi connectivity index (χ0) is 11.6.